The summed E-state index contributed by atoms with van der Waals surface area (Å²) in [7, 11) is 0. The summed E-state index contributed by atoms with van der Waals surface area (Å²) in [6, 6.07) is 5.96. The van der Waals surface area contributed by atoms with Gasteiger partial charge in [0.25, 0.3) is 0 Å². The first-order chi connectivity index (χ1) is 6.70. The molecule has 14 heavy (non-hydrogen) atoms. The van der Waals surface area contributed by atoms with Gasteiger partial charge < -0.3 is 0 Å². The zero-order valence-electron chi connectivity index (χ0n) is 7.29. The minimum Gasteiger partial charge on any atom is -0.222 e. The second kappa shape index (κ2) is 4.20. The quantitative estimate of drug-likeness (QED) is 0.344. The zero-order chi connectivity index (χ0) is 10.1. The van der Waals surface area contributed by atoms with Crippen molar-refractivity contribution in [1.82, 2.24) is 9.97 Å². The van der Waals surface area contributed by atoms with E-state index in [-0.39, 0.29) is 0 Å². The fourth-order valence-corrected chi connectivity index (χ4v) is 2.28. The number of aromatic nitrogens is 2. The third-order valence-corrected chi connectivity index (χ3v) is 3.28. The lowest BCUT2D eigenvalue weighted by Crippen LogP contribution is -1.89. The minimum absolute atomic E-state index is 0.526. The monoisotopic (exact) mass is 336 g/mol. The van der Waals surface area contributed by atoms with E-state index in [1.807, 2.05) is 24.5 Å². The van der Waals surface area contributed by atoms with Crippen molar-refractivity contribution in [2.45, 2.75) is 5.16 Å². The molecule has 1 aromatic heterocycles. The summed E-state index contributed by atoms with van der Waals surface area (Å²) in [5.41, 5.74) is 0.898. The molecule has 0 N–H and O–H groups in total. The Kier molecular flexibility index (Phi) is 3.14. The number of rotatable bonds is 1. The number of benzene rings is 1. The van der Waals surface area contributed by atoms with Crippen LogP contribution in [0, 0.1) is 3.57 Å². The van der Waals surface area contributed by atoms with E-state index < -0.39 is 0 Å². The molecule has 1 aromatic carbocycles. The van der Waals surface area contributed by atoms with Crippen molar-refractivity contribution in [3.8, 4) is 0 Å². The van der Waals surface area contributed by atoms with Crippen LogP contribution in [0.4, 0.5) is 0 Å². The minimum atomic E-state index is 0.526. The van der Waals surface area contributed by atoms with E-state index in [0.717, 1.165) is 14.5 Å². The van der Waals surface area contributed by atoms with Gasteiger partial charge in [0.2, 0.25) is 0 Å². The molecule has 72 valence electrons. The number of thioether (sulfide) groups is 1. The largest absolute Gasteiger partial charge is 0.222 e. The molecular formula is C9H6ClIN2S. The van der Waals surface area contributed by atoms with Crippen molar-refractivity contribution < 1.29 is 0 Å². The van der Waals surface area contributed by atoms with Gasteiger partial charge in [-0.05, 0) is 47.0 Å². The maximum Gasteiger partial charge on any atom is 0.189 e. The molecule has 2 nitrogen and oxygen atoms in total. The second-order valence-electron chi connectivity index (χ2n) is 2.66. The molecule has 0 aliphatic rings. The number of nitrogens with zero attached hydrogens (tertiary/aromatic N) is 2. The summed E-state index contributed by atoms with van der Waals surface area (Å²) in [4.78, 5) is 8.53. The average Bonchev–Trinajstić information content (AvgIpc) is 2.19. The van der Waals surface area contributed by atoms with Crippen molar-refractivity contribution in [2.24, 2.45) is 0 Å². The Morgan fingerprint density at radius 3 is 2.86 bits per heavy atom. The Hall–Kier alpha value is -0.0700. The van der Waals surface area contributed by atoms with E-state index in [1.54, 1.807) is 0 Å². The van der Waals surface area contributed by atoms with Crippen LogP contribution in [0.25, 0.3) is 10.9 Å². The Balaban J connectivity index is 2.76. The van der Waals surface area contributed by atoms with Gasteiger partial charge in [0.05, 0.1) is 5.52 Å². The molecule has 0 saturated carbocycles. The van der Waals surface area contributed by atoms with Gasteiger partial charge in [-0.25, -0.2) is 9.97 Å². The van der Waals surface area contributed by atoms with E-state index in [4.69, 9.17) is 11.6 Å². The van der Waals surface area contributed by atoms with Crippen molar-refractivity contribution in [3.05, 3.63) is 26.9 Å². The fraction of sp³-hybridized carbons (Fsp3) is 0.111. The number of hydrogen-bond acceptors (Lipinski definition) is 3. The first-order valence-electron chi connectivity index (χ1n) is 3.87. The van der Waals surface area contributed by atoms with Crippen LogP contribution in [-0.4, -0.2) is 16.2 Å². The van der Waals surface area contributed by atoms with Crippen molar-refractivity contribution >= 4 is 56.9 Å². The molecule has 0 atom stereocenters. The molecule has 5 heteroatoms. The first-order valence-corrected chi connectivity index (χ1v) is 6.55. The van der Waals surface area contributed by atoms with Gasteiger partial charge in [-0.1, -0.05) is 23.4 Å². The molecular weight excluding hydrogens is 331 g/mol. The van der Waals surface area contributed by atoms with Crippen LogP contribution in [0.5, 0.6) is 0 Å². The highest BCUT2D eigenvalue weighted by Crippen LogP contribution is 2.24. The van der Waals surface area contributed by atoms with E-state index in [0.29, 0.717) is 10.3 Å². The maximum atomic E-state index is 6.05. The van der Waals surface area contributed by atoms with E-state index in [1.165, 1.54) is 11.8 Å². The molecule has 0 radical (unpaired) electrons. The summed E-state index contributed by atoms with van der Waals surface area (Å²) in [5, 5.41) is 2.15. The Labute approximate surface area is 105 Å². The molecule has 1 heterocycles. The van der Waals surface area contributed by atoms with Crippen LogP contribution in [0.1, 0.15) is 0 Å². The topological polar surface area (TPSA) is 25.8 Å². The number of fused-ring (bicyclic) bond motifs is 1. The summed E-state index contributed by atoms with van der Waals surface area (Å²) in [5.74, 6) is 0. The average molecular weight is 337 g/mol. The predicted octanol–water partition coefficient (Wildman–Crippen LogP) is 3.61. The van der Waals surface area contributed by atoms with Gasteiger partial charge in [-0.3, -0.25) is 0 Å². The third-order valence-electron chi connectivity index (χ3n) is 1.77. The molecule has 0 unspecified atom stereocenters. The highest BCUT2D eigenvalue weighted by atomic mass is 127. The Bertz CT molecular complexity index is 489. The molecule has 2 aromatic rings. The molecule has 0 aliphatic carbocycles. The van der Waals surface area contributed by atoms with Gasteiger partial charge in [0.1, 0.15) is 5.15 Å². The predicted molar refractivity (Wildman–Crippen MR) is 69.0 cm³/mol. The number of hydrogen-bond donors (Lipinski definition) is 0. The van der Waals surface area contributed by atoms with Crippen LogP contribution in [-0.2, 0) is 0 Å². The summed E-state index contributed by atoms with van der Waals surface area (Å²) < 4.78 is 1.14. The lowest BCUT2D eigenvalue weighted by atomic mass is 10.2. The number of halogens is 2. The fourth-order valence-electron chi connectivity index (χ4n) is 1.13. The Morgan fingerprint density at radius 2 is 2.14 bits per heavy atom. The summed E-state index contributed by atoms with van der Waals surface area (Å²) >= 11 is 9.78. The highest BCUT2D eigenvalue weighted by Gasteiger charge is 2.05. The van der Waals surface area contributed by atoms with Gasteiger partial charge >= 0.3 is 0 Å². The molecule has 0 aliphatic heterocycles. The van der Waals surface area contributed by atoms with Crippen LogP contribution in [0.15, 0.2) is 23.4 Å². The Morgan fingerprint density at radius 1 is 1.36 bits per heavy atom. The van der Waals surface area contributed by atoms with Crippen molar-refractivity contribution in [2.75, 3.05) is 6.26 Å². The molecule has 0 amide bonds. The van der Waals surface area contributed by atoms with Crippen LogP contribution in [0.2, 0.25) is 5.15 Å². The van der Waals surface area contributed by atoms with Crippen molar-refractivity contribution in [1.29, 1.82) is 0 Å². The lowest BCUT2D eigenvalue weighted by Gasteiger charge is -2.02. The smallest absolute Gasteiger partial charge is 0.189 e. The van der Waals surface area contributed by atoms with Gasteiger partial charge in [0.15, 0.2) is 5.16 Å². The van der Waals surface area contributed by atoms with E-state index >= 15 is 0 Å². The van der Waals surface area contributed by atoms with Gasteiger partial charge in [-0.2, -0.15) is 0 Å². The van der Waals surface area contributed by atoms with Crippen LogP contribution >= 0.6 is 46.0 Å². The van der Waals surface area contributed by atoms with E-state index in [2.05, 4.69) is 32.6 Å². The molecule has 0 spiro atoms. The molecule has 2 rings (SSSR count). The zero-order valence-corrected chi connectivity index (χ0v) is 11.0. The molecule has 0 saturated heterocycles. The first kappa shape index (κ1) is 10.4. The lowest BCUT2D eigenvalue weighted by molar-refractivity contribution is 1.01. The van der Waals surface area contributed by atoms with E-state index in [9.17, 15) is 0 Å². The second-order valence-corrected chi connectivity index (χ2v) is 5.04. The standard InChI is InChI=1S/C9H6ClIN2S/c1-14-9-12-7-3-2-5(11)4-6(7)8(10)13-9/h2-4H,1H3. The van der Waals surface area contributed by atoms with Crippen LogP contribution in [0.3, 0.4) is 0 Å². The van der Waals surface area contributed by atoms with Gasteiger partial charge in [-0.15, -0.1) is 0 Å². The molecule has 0 bridgehead atoms. The summed E-state index contributed by atoms with van der Waals surface area (Å²) in [6.07, 6.45) is 1.93. The highest BCUT2D eigenvalue weighted by molar-refractivity contribution is 14.1. The normalized spacial score (nSPS) is 10.8. The summed E-state index contributed by atoms with van der Waals surface area (Å²) in [6.45, 7) is 0. The van der Waals surface area contributed by atoms with Crippen molar-refractivity contribution in [3.63, 3.8) is 0 Å². The van der Waals surface area contributed by atoms with Crippen LogP contribution < -0.4 is 0 Å². The SMILES string of the molecule is CSc1nc(Cl)c2cc(I)ccc2n1. The maximum absolute atomic E-state index is 6.05. The van der Waals surface area contributed by atoms with Gasteiger partial charge in [0, 0.05) is 8.96 Å². The third kappa shape index (κ3) is 1.97. The molecule has 0 fully saturated rings.